The number of nitrogens with one attached hydrogen (secondary N) is 2. The monoisotopic (exact) mass is 506 g/mol. The third-order valence-electron chi connectivity index (χ3n) is 5.16. The molecule has 1 fully saturated rings. The Morgan fingerprint density at radius 3 is 2.74 bits per heavy atom. The number of pyridine rings is 1. The van der Waals surface area contributed by atoms with E-state index >= 15 is 0 Å². The van der Waals surface area contributed by atoms with E-state index in [4.69, 9.17) is 10.00 Å². The molecule has 0 radical (unpaired) electrons. The van der Waals surface area contributed by atoms with Crippen LogP contribution in [0.2, 0.25) is 0 Å². The smallest absolute Gasteiger partial charge is 0.257 e. The zero-order chi connectivity index (χ0) is 22.6. The lowest BCUT2D eigenvalue weighted by Crippen LogP contribution is -2.32. The number of hydrogen-bond acceptors (Lipinski definition) is 5. The number of nitrogens with zero attached hydrogens (tertiary/aromatic N) is 2. The molecular formula is C21H23BrN4O4S. The highest BCUT2D eigenvalue weighted by Crippen LogP contribution is 2.24. The highest BCUT2D eigenvalue weighted by atomic mass is 79.9. The molecule has 0 bridgehead atoms. The van der Waals surface area contributed by atoms with Crippen LogP contribution in [0.25, 0.3) is 0 Å². The minimum atomic E-state index is -2.89. The predicted molar refractivity (Wildman–Crippen MR) is 122 cm³/mol. The van der Waals surface area contributed by atoms with Crippen molar-refractivity contribution in [1.82, 2.24) is 14.6 Å². The number of halogens is 1. The number of ether oxygens (including phenoxy) is 1. The average Bonchev–Trinajstić information content (AvgIpc) is 2.77. The Kier molecular flexibility index (Phi) is 7.20. The lowest BCUT2D eigenvalue weighted by molar-refractivity contribution is 0.0581. The van der Waals surface area contributed by atoms with Crippen molar-refractivity contribution in [3.8, 4) is 6.19 Å². The molecule has 164 valence electrons. The van der Waals surface area contributed by atoms with E-state index < -0.39 is 15.6 Å². The number of nitriles is 1. The van der Waals surface area contributed by atoms with Crippen molar-refractivity contribution in [3.05, 3.63) is 62.0 Å². The molecule has 1 amide bonds. The SMILES string of the molecule is C=S(=O)(NC#N)c1ccc(CNC(=O)c2cn(C3CCCOC3)c(C)c(Br)c2=O)cc1. The summed E-state index contributed by atoms with van der Waals surface area (Å²) in [5.74, 6) is 3.04. The van der Waals surface area contributed by atoms with Gasteiger partial charge >= 0.3 is 0 Å². The first-order valence-electron chi connectivity index (χ1n) is 9.64. The number of benzene rings is 1. The Morgan fingerprint density at radius 1 is 1.42 bits per heavy atom. The summed E-state index contributed by atoms with van der Waals surface area (Å²) in [5.41, 5.74) is 1.20. The molecule has 10 heteroatoms. The first-order valence-corrected chi connectivity index (χ1v) is 12.2. The molecular weight excluding hydrogens is 484 g/mol. The van der Waals surface area contributed by atoms with Crippen LogP contribution >= 0.6 is 15.9 Å². The molecule has 2 N–H and O–H groups in total. The lowest BCUT2D eigenvalue weighted by Gasteiger charge is -2.27. The van der Waals surface area contributed by atoms with Crippen LogP contribution in [0.4, 0.5) is 0 Å². The second-order valence-electron chi connectivity index (χ2n) is 7.27. The number of hydrogen-bond donors (Lipinski definition) is 2. The summed E-state index contributed by atoms with van der Waals surface area (Å²) in [6.45, 7) is 3.28. The molecule has 1 aromatic heterocycles. The molecule has 1 aromatic carbocycles. The van der Waals surface area contributed by atoms with Gasteiger partial charge in [-0.3, -0.25) is 9.59 Å². The lowest BCUT2D eigenvalue weighted by atomic mass is 10.1. The van der Waals surface area contributed by atoms with Crippen LogP contribution in [0.5, 0.6) is 0 Å². The van der Waals surface area contributed by atoms with Gasteiger partial charge in [-0.2, -0.15) is 5.26 Å². The average molecular weight is 507 g/mol. The van der Waals surface area contributed by atoms with Crippen molar-refractivity contribution in [1.29, 1.82) is 5.26 Å². The van der Waals surface area contributed by atoms with Gasteiger partial charge in [-0.1, -0.05) is 12.1 Å². The maximum absolute atomic E-state index is 12.8. The molecule has 1 aliphatic heterocycles. The van der Waals surface area contributed by atoms with Gasteiger partial charge in [0, 0.05) is 25.0 Å². The molecule has 2 aromatic rings. The van der Waals surface area contributed by atoms with Gasteiger partial charge < -0.3 is 14.6 Å². The highest BCUT2D eigenvalue weighted by Gasteiger charge is 2.22. The second-order valence-corrected chi connectivity index (χ2v) is 10.1. The summed E-state index contributed by atoms with van der Waals surface area (Å²) in [5, 5.41) is 11.4. The maximum Gasteiger partial charge on any atom is 0.257 e. The Labute approximate surface area is 189 Å². The molecule has 1 aliphatic rings. The summed E-state index contributed by atoms with van der Waals surface area (Å²) in [7, 11) is -2.89. The largest absolute Gasteiger partial charge is 0.379 e. The van der Waals surface area contributed by atoms with Crippen molar-refractivity contribution in [3.63, 3.8) is 0 Å². The number of carbonyl (C=O) groups excluding carboxylic acids is 1. The van der Waals surface area contributed by atoms with E-state index in [0.29, 0.717) is 16.0 Å². The number of aromatic nitrogens is 1. The van der Waals surface area contributed by atoms with Crippen molar-refractivity contribution in [2.24, 2.45) is 0 Å². The predicted octanol–water partition coefficient (Wildman–Crippen LogP) is 2.26. The van der Waals surface area contributed by atoms with Gasteiger partial charge in [0.15, 0.2) is 6.19 Å². The van der Waals surface area contributed by atoms with Gasteiger partial charge in [0.05, 0.1) is 31.7 Å². The van der Waals surface area contributed by atoms with E-state index in [2.05, 4.69) is 31.8 Å². The van der Waals surface area contributed by atoms with Gasteiger partial charge in [0.1, 0.15) is 5.56 Å². The summed E-state index contributed by atoms with van der Waals surface area (Å²) in [6.07, 6.45) is 5.08. The Hall–Kier alpha value is -2.61. The van der Waals surface area contributed by atoms with Crippen molar-refractivity contribution >= 4 is 37.4 Å². The van der Waals surface area contributed by atoms with E-state index in [-0.39, 0.29) is 23.6 Å². The van der Waals surface area contributed by atoms with E-state index in [0.717, 1.165) is 30.7 Å². The summed E-state index contributed by atoms with van der Waals surface area (Å²) in [4.78, 5) is 25.8. The van der Waals surface area contributed by atoms with Crippen LogP contribution in [0.15, 0.2) is 44.6 Å². The summed E-state index contributed by atoms with van der Waals surface area (Å²) < 4.78 is 22.3. The fourth-order valence-electron chi connectivity index (χ4n) is 3.41. The van der Waals surface area contributed by atoms with Gasteiger partial charge in [-0.15, -0.1) is 0 Å². The van der Waals surface area contributed by atoms with Crippen LogP contribution in [-0.4, -0.2) is 33.8 Å². The van der Waals surface area contributed by atoms with E-state index in [1.54, 1.807) is 36.7 Å². The van der Waals surface area contributed by atoms with Gasteiger partial charge in [-0.25, -0.2) is 8.93 Å². The molecule has 0 saturated carbocycles. The summed E-state index contributed by atoms with van der Waals surface area (Å²) >= 11 is 3.33. The molecule has 3 rings (SSSR count). The minimum Gasteiger partial charge on any atom is -0.379 e. The highest BCUT2D eigenvalue weighted by molar-refractivity contribution is 9.10. The number of rotatable bonds is 6. The van der Waals surface area contributed by atoms with Gasteiger partial charge in [0.2, 0.25) is 5.43 Å². The molecule has 0 aliphatic carbocycles. The minimum absolute atomic E-state index is 0.0543. The van der Waals surface area contributed by atoms with Crippen LogP contribution < -0.4 is 15.5 Å². The van der Waals surface area contributed by atoms with Crippen LogP contribution in [0.3, 0.4) is 0 Å². The quantitative estimate of drug-likeness (QED) is 0.354. The molecule has 0 spiro atoms. The van der Waals surface area contributed by atoms with Crippen LogP contribution in [0.1, 0.15) is 40.5 Å². The Morgan fingerprint density at radius 2 is 2.13 bits per heavy atom. The zero-order valence-corrected chi connectivity index (χ0v) is 19.4. The van der Waals surface area contributed by atoms with Crippen molar-refractivity contribution in [2.75, 3.05) is 13.2 Å². The first-order chi connectivity index (χ1) is 14.7. The van der Waals surface area contributed by atoms with E-state index in [9.17, 15) is 13.8 Å². The molecule has 8 nitrogen and oxygen atoms in total. The third kappa shape index (κ3) is 5.18. The second kappa shape index (κ2) is 9.68. The molecule has 2 unspecified atom stereocenters. The fraction of sp³-hybridized carbons (Fsp3) is 0.333. The van der Waals surface area contributed by atoms with Gasteiger partial charge in [-0.05, 0) is 59.3 Å². The molecule has 31 heavy (non-hydrogen) atoms. The molecule has 2 heterocycles. The van der Waals surface area contributed by atoms with E-state index in [1.165, 1.54) is 0 Å². The van der Waals surface area contributed by atoms with Gasteiger partial charge in [0.25, 0.3) is 5.91 Å². The Bertz CT molecular complexity index is 1180. The summed E-state index contributed by atoms with van der Waals surface area (Å²) in [6, 6.07) is 6.60. The van der Waals surface area contributed by atoms with Crippen LogP contribution in [-0.2, 0) is 21.0 Å². The standard InChI is InChI=1S/C21H23BrN4O4S/c1-14-19(22)20(27)18(11-26(14)16-4-3-9-30-12-16)21(28)24-10-15-5-7-17(8-6-15)31(2,29)25-13-23/h5-8,11,16H,2-4,9-10,12H2,1H3,(H,24,28)(H,25,29). The number of amides is 1. The topological polar surface area (TPSA) is 113 Å². The molecule has 2 atom stereocenters. The normalized spacial score (nSPS) is 17.9. The Balaban J connectivity index is 1.77. The third-order valence-corrected chi connectivity index (χ3v) is 7.55. The zero-order valence-electron chi connectivity index (χ0n) is 17.0. The maximum atomic E-state index is 12.8. The molecule has 1 saturated heterocycles. The van der Waals surface area contributed by atoms with Crippen molar-refractivity contribution in [2.45, 2.75) is 37.2 Å². The first kappa shape index (κ1) is 23.1. The van der Waals surface area contributed by atoms with Crippen LogP contribution in [0, 0.1) is 18.4 Å². The fourth-order valence-corrected chi connectivity index (χ4v) is 4.67. The van der Waals surface area contributed by atoms with Crippen molar-refractivity contribution < 1.29 is 13.7 Å². The number of carbonyl (C=O) groups is 1. The van der Waals surface area contributed by atoms with E-state index in [1.807, 2.05) is 11.5 Å².